The average molecular weight is 260 g/mol. The van der Waals surface area contributed by atoms with Crippen molar-refractivity contribution < 1.29 is 13.7 Å². The van der Waals surface area contributed by atoms with Gasteiger partial charge in [0.25, 0.3) is 12.1 Å². The molecule has 1 heterocycles. The molecule has 0 N–H and O–H groups in total. The van der Waals surface area contributed by atoms with Gasteiger partial charge in [-0.3, -0.25) is 10.1 Å². The van der Waals surface area contributed by atoms with Crippen molar-refractivity contribution in [3.63, 3.8) is 0 Å². The molecule has 0 aliphatic carbocycles. The molecule has 2 rings (SSSR count). The molecule has 0 atom stereocenters. The average Bonchev–Trinajstić information content (AvgIpc) is 2.28. The van der Waals surface area contributed by atoms with Gasteiger partial charge in [-0.05, 0) is 6.07 Å². The van der Waals surface area contributed by atoms with E-state index in [0.717, 1.165) is 6.07 Å². The third-order valence-electron chi connectivity index (χ3n) is 2.06. The quantitative estimate of drug-likeness (QED) is 0.472. The Morgan fingerprint density at radius 3 is 2.65 bits per heavy atom. The lowest BCUT2D eigenvalue weighted by molar-refractivity contribution is -0.384. The molecule has 1 aromatic carbocycles. The molecule has 88 valence electrons. The minimum absolute atomic E-state index is 0.144. The van der Waals surface area contributed by atoms with Crippen molar-refractivity contribution in [3.05, 3.63) is 39.3 Å². The maximum absolute atomic E-state index is 12.4. The number of benzene rings is 1. The summed E-state index contributed by atoms with van der Waals surface area (Å²) in [6.45, 7) is 0. The minimum atomic E-state index is -2.84. The predicted molar refractivity (Wildman–Crippen MR) is 56.2 cm³/mol. The van der Waals surface area contributed by atoms with Gasteiger partial charge in [0.1, 0.15) is 5.15 Å². The third-order valence-corrected chi connectivity index (χ3v) is 2.34. The van der Waals surface area contributed by atoms with Gasteiger partial charge >= 0.3 is 0 Å². The van der Waals surface area contributed by atoms with Gasteiger partial charge in [0, 0.05) is 17.5 Å². The summed E-state index contributed by atoms with van der Waals surface area (Å²) < 4.78 is 24.8. The predicted octanol–water partition coefficient (Wildman–Crippen LogP) is 3.13. The third kappa shape index (κ3) is 2.14. The van der Waals surface area contributed by atoms with Crippen LogP contribution < -0.4 is 0 Å². The number of halogens is 3. The molecule has 0 aliphatic rings. The summed E-state index contributed by atoms with van der Waals surface area (Å²) in [5.74, 6) is -0.698. The van der Waals surface area contributed by atoms with Crippen molar-refractivity contribution in [2.75, 3.05) is 0 Å². The fourth-order valence-electron chi connectivity index (χ4n) is 1.31. The van der Waals surface area contributed by atoms with Gasteiger partial charge in [-0.15, -0.1) is 0 Å². The molecule has 0 saturated heterocycles. The Morgan fingerprint density at radius 1 is 1.35 bits per heavy atom. The fourth-order valence-corrected chi connectivity index (χ4v) is 1.55. The van der Waals surface area contributed by atoms with E-state index in [-0.39, 0.29) is 21.7 Å². The summed E-state index contributed by atoms with van der Waals surface area (Å²) in [6, 6.07) is 3.57. The van der Waals surface area contributed by atoms with Gasteiger partial charge in [-0.1, -0.05) is 11.6 Å². The number of hydrogen-bond donors (Lipinski definition) is 0. The second kappa shape index (κ2) is 4.17. The topological polar surface area (TPSA) is 68.9 Å². The molecule has 0 unspecified atom stereocenters. The van der Waals surface area contributed by atoms with E-state index in [0.29, 0.717) is 0 Å². The number of hydrogen-bond acceptors (Lipinski definition) is 4. The van der Waals surface area contributed by atoms with Gasteiger partial charge in [0.05, 0.1) is 10.4 Å². The van der Waals surface area contributed by atoms with E-state index < -0.39 is 17.2 Å². The highest BCUT2D eigenvalue weighted by atomic mass is 35.5. The zero-order valence-electron chi connectivity index (χ0n) is 8.10. The molecule has 0 fully saturated rings. The van der Waals surface area contributed by atoms with Gasteiger partial charge in [0.15, 0.2) is 5.82 Å². The van der Waals surface area contributed by atoms with Crippen molar-refractivity contribution >= 4 is 28.2 Å². The smallest absolute Gasteiger partial charge is 0.258 e. The van der Waals surface area contributed by atoms with Crippen LogP contribution in [0.15, 0.2) is 18.2 Å². The highest BCUT2D eigenvalue weighted by molar-refractivity contribution is 6.34. The van der Waals surface area contributed by atoms with E-state index in [9.17, 15) is 18.9 Å². The Hall–Kier alpha value is -1.89. The Labute approximate surface area is 98.2 Å². The van der Waals surface area contributed by atoms with Crippen LogP contribution in [0.2, 0.25) is 5.15 Å². The largest absolute Gasteiger partial charge is 0.297 e. The van der Waals surface area contributed by atoms with Gasteiger partial charge < -0.3 is 0 Å². The standard InChI is InChI=1S/C9H4ClF2N3O2/c10-7-5-3-4(15(16)17)1-2-6(5)13-9(14-7)8(11)12/h1-3,8H. The molecular formula is C9H4ClF2N3O2. The van der Waals surface area contributed by atoms with Crippen LogP contribution in [0.25, 0.3) is 10.9 Å². The van der Waals surface area contributed by atoms with Crippen molar-refractivity contribution in [1.82, 2.24) is 9.97 Å². The number of nitro groups is 1. The molecular weight excluding hydrogens is 256 g/mol. The normalized spacial score (nSPS) is 11.1. The summed E-state index contributed by atoms with van der Waals surface area (Å²) in [5, 5.41) is 10.5. The van der Waals surface area contributed by atoms with Crippen LogP contribution in [-0.2, 0) is 0 Å². The van der Waals surface area contributed by atoms with Crippen molar-refractivity contribution in [1.29, 1.82) is 0 Å². The fraction of sp³-hybridized carbons (Fsp3) is 0.111. The molecule has 17 heavy (non-hydrogen) atoms. The molecule has 8 heteroatoms. The van der Waals surface area contributed by atoms with E-state index in [2.05, 4.69) is 9.97 Å². The number of nitrogens with zero attached hydrogens (tertiary/aromatic N) is 3. The van der Waals surface area contributed by atoms with Crippen molar-refractivity contribution in [2.24, 2.45) is 0 Å². The molecule has 0 radical (unpaired) electrons. The number of nitro benzene ring substituents is 1. The first-order chi connectivity index (χ1) is 7.99. The Morgan fingerprint density at radius 2 is 2.06 bits per heavy atom. The minimum Gasteiger partial charge on any atom is -0.258 e. The molecule has 2 aromatic rings. The highest BCUT2D eigenvalue weighted by Crippen LogP contribution is 2.27. The van der Waals surface area contributed by atoms with Crippen LogP contribution in [-0.4, -0.2) is 14.9 Å². The van der Waals surface area contributed by atoms with Crippen LogP contribution in [0.4, 0.5) is 14.5 Å². The van der Waals surface area contributed by atoms with Crippen LogP contribution in [0.5, 0.6) is 0 Å². The van der Waals surface area contributed by atoms with Gasteiger partial charge in [-0.25, -0.2) is 18.7 Å². The van der Waals surface area contributed by atoms with E-state index >= 15 is 0 Å². The summed E-state index contributed by atoms with van der Waals surface area (Å²) in [6.07, 6.45) is -2.84. The molecule has 0 saturated carbocycles. The zero-order valence-corrected chi connectivity index (χ0v) is 8.86. The van der Waals surface area contributed by atoms with Crippen LogP contribution >= 0.6 is 11.6 Å². The monoisotopic (exact) mass is 259 g/mol. The number of non-ortho nitro benzene ring substituents is 1. The summed E-state index contributed by atoms with van der Waals surface area (Å²) >= 11 is 5.68. The lowest BCUT2D eigenvalue weighted by Gasteiger charge is -2.03. The first-order valence-corrected chi connectivity index (χ1v) is 4.76. The molecule has 1 aromatic heterocycles. The second-order valence-electron chi connectivity index (χ2n) is 3.13. The van der Waals surface area contributed by atoms with E-state index in [1.807, 2.05) is 0 Å². The maximum Gasteiger partial charge on any atom is 0.297 e. The summed E-state index contributed by atoms with van der Waals surface area (Å²) in [5.41, 5.74) is -0.0568. The first-order valence-electron chi connectivity index (χ1n) is 4.39. The van der Waals surface area contributed by atoms with Crippen LogP contribution in [0, 0.1) is 10.1 Å². The Bertz CT molecular complexity index is 606. The number of alkyl halides is 2. The van der Waals surface area contributed by atoms with E-state index in [1.165, 1.54) is 12.1 Å². The summed E-state index contributed by atoms with van der Waals surface area (Å²) in [4.78, 5) is 16.9. The van der Waals surface area contributed by atoms with E-state index in [1.54, 1.807) is 0 Å². The molecule has 5 nitrogen and oxygen atoms in total. The summed E-state index contributed by atoms with van der Waals surface area (Å²) in [7, 11) is 0. The second-order valence-corrected chi connectivity index (χ2v) is 3.49. The SMILES string of the molecule is O=[N+]([O-])c1ccc2nc(C(F)F)nc(Cl)c2c1. The maximum atomic E-state index is 12.4. The molecule has 0 spiro atoms. The number of rotatable bonds is 2. The zero-order chi connectivity index (χ0) is 12.6. The lowest BCUT2D eigenvalue weighted by atomic mass is 10.2. The number of fused-ring (bicyclic) bond motifs is 1. The highest BCUT2D eigenvalue weighted by Gasteiger charge is 2.16. The molecule has 0 amide bonds. The van der Waals surface area contributed by atoms with Gasteiger partial charge in [0.2, 0.25) is 0 Å². The lowest BCUT2D eigenvalue weighted by Crippen LogP contribution is -1.97. The van der Waals surface area contributed by atoms with E-state index in [4.69, 9.17) is 11.6 Å². The van der Waals surface area contributed by atoms with Crippen molar-refractivity contribution in [2.45, 2.75) is 6.43 Å². The van der Waals surface area contributed by atoms with Gasteiger partial charge in [-0.2, -0.15) is 0 Å². The molecule has 0 bridgehead atoms. The molecule has 0 aliphatic heterocycles. The number of aromatic nitrogens is 2. The van der Waals surface area contributed by atoms with Crippen molar-refractivity contribution in [3.8, 4) is 0 Å². The van der Waals surface area contributed by atoms with Crippen LogP contribution in [0.1, 0.15) is 12.2 Å². The van der Waals surface area contributed by atoms with Crippen LogP contribution in [0.3, 0.4) is 0 Å². The first kappa shape index (κ1) is 11.6. The Balaban J connectivity index is 2.68. The Kier molecular flexibility index (Phi) is 2.84.